The van der Waals surface area contributed by atoms with E-state index in [1.54, 1.807) is 0 Å². The largest absolute Gasteiger partial charge is 0.345 e. The fourth-order valence-corrected chi connectivity index (χ4v) is 7.29. The molecule has 1 aromatic heterocycles. The molecule has 8 rings (SSSR count). The van der Waals surface area contributed by atoms with Gasteiger partial charge in [-0.05, 0) is 40.5 Å². The Bertz CT molecular complexity index is 2050. The minimum Gasteiger partial charge on any atom is -0.345 e. The molecule has 2 aliphatic rings. The van der Waals surface area contributed by atoms with Crippen LogP contribution in [0.15, 0.2) is 133 Å². The summed E-state index contributed by atoms with van der Waals surface area (Å²) in [5.74, 6) is 0.0482. The van der Waals surface area contributed by atoms with Crippen LogP contribution in [0.3, 0.4) is 0 Å². The van der Waals surface area contributed by atoms with E-state index in [0.717, 1.165) is 55.5 Å². The maximum Gasteiger partial charge on any atom is 0.255 e. The van der Waals surface area contributed by atoms with Crippen LogP contribution in [0.2, 0.25) is 0 Å². The first-order chi connectivity index (χ1) is 21.6. The summed E-state index contributed by atoms with van der Waals surface area (Å²) in [6.45, 7) is 0.962. The molecule has 0 unspecified atom stereocenters. The monoisotopic (exact) mass is 573 g/mol. The van der Waals surface area contributed by atoms with Crippen molar-refractivity contribution >= 4 is 22.7 Å². The summed E-state index contributed by atoms with van der Waals surface area (Å²) in [7, 11) is 2.09. The number of nitrogens with zero attached hydrogens (tertiary/aromatic N) is 3. The second kappa shape index (κ2) is 10.4. The van der Waals surface area contributed by atoms with Crippen molar-refractivity contribution in [3.05, 3.63) is 178 Å². The number of fused-ring (bicyclic) bond motifs is 3. The number of rotatable bonds is 6. The second-order valence-corrected chi connectivity index (χ2v) is 11.7. The van der Waals surface area contributed by atoms with Gasteiger partial charge in [-0.25, -0.2) is 0 Å². The summed E-state index contributed by atoms with van der Waals surface area (Å²) in [5.41, 5.74) is 8.79. The minimum absolute atomic E-state index is 0.0229. The molecule has 0 spiro atoms. The van der Waals surface area contributed by atoms with E-state index in [-0.39, 0.29) is 23.9 Å². The van der Waals surface area contributed by atoms with Gasteiger partial charge in [-0.3, -0.25) is 9.59 Å². The lowest BCUT2D eigenvalue weighted by atomic mass is 9.91. The molecule has 44 heavy (non-hydrogen) atoms. The Balaban J connectivity index is 1.39. The Labute approximate surface area is 256 Å². The van der Waals surface area contributed by atoms with Crippen molar-refractivity contribution in [2.75, 3.05) is 0 Å². The van der Waals surface area contributed by atoms with E-state index in [2.05, 4.69) is 72.3 Å². The van der Waals surface area contributed by atoms with Crippen LogP contribution in [0.5, 0.6) is 0 Å². The normalized spacial score (nSPS) is 17.4. The number of benzene rings is 5. The number of aromatic nitrogens is 1. The molecular formula is C39H31N3O2. The van der Waals surface area contributed by atoms with Crippen molar-refractivity contribution in [2.24, 2.45) is 7.05 Å². The SMILES string of the molecule is Cn1c([C@@H]2c3ccccc3C(=O)N2Cc2ccccc2)c([C@H]2c3ccccc3C(=O)N2Cc2ccccc2)c2ccccc21. The Kier molecular flexibility index (Phi) is 6.19. The fraction of sp³-hybridized carbons (Fsp3) is 0.128. The van der Waals surface area contributed by atoms with Crippen LogP contribution in [-0.2, 0) is 20.1 Å². The van der Waals surface area contributed by atoms with Gasteiger partial charge in [-0.15, -0.1) is 0 Å². The Hall–Kier alpha value is -5.42. The van der Waals surface area contributed by atoms with Gasteiger partial charge in [-0.1, -0.05) is 115 Å². The van der Waals surface area contributed by atoms with Gasteiger partial charge >= 0.3 is 0 Å². The highest BCUT2D eigenvalue weighted by atomic mass is 16.2. The second-order valence-electron chi connectivity index (χ2n) is 11.7. The molecule has 5 aromatic carbocycles. The molecule has 0 fully saturated rings. The van der Waals surface area contributed by atoms with E-state index in [4.69, 9.17) is 0 Å². The Morgan fingerprint density at radius 2 is 0.977 bits per heavy atom. The average Bonchev–Trinajstić information content (AvgIpc) is 3.62. The van der Waals surface area contributed by atoms with Gasteiger partial charge in [0.25, 0.3) is 11.8 Å². The smallest absolute Gasteiger partial charge is 0.255 e. The van der Waals surface area contributed by atoms with Crippen molar-refractivity contribution in [3.8, 4) is 0 Å². The minimum atomic E-state index is -0.326. The van der Waals surface area contributed by atoms with Crippen molar-refractivity contribution < 1.29 is 9.59 Å². The van der Waals surface area contributed by atoms with Crippen LogP contribution >= 0.6 is 0 Å². The lowest BCUT2D eigenvalue weighted by Gasteiger charge is -2.31. The molecule has 0 saturated carbocycles. The lowest BCUT2D eigenvalue weighted by molar-refractivity contribution is 0.0712. The van der Waals surface area contributed by atoms with Crippen LogP contribution < -0.4 is 0 Å². The zero-order chi connectivity index (χ0) is 29.8. The number of carbonyl (C=O) groups excluding carboxylic acids is 2. The van der Waals surface area contributed by atoms with Crippen LogP contribution in [0.1, 0.15) is 66.3 Å². The van der Waals surface area contributed by atoms with Gasteiger partial charge < -0.3 is 14.4 Å². The maximum absolute atomic E-state index is 14.2. The third-order valence-corrected chi connectivity index (χ3v) is 9.23. The van der Waals surface area contributed by atoms with Gasteiger partial charge in [0.15, 0.2) is 0 Å². The predicted octanol–water partition coefficient (Wildman–Crippen LogP) is 7.67. The van der Waals surface area contributed by atoms with Crippen LogP contribution in [0.4, 0.5) is 0 Å². The van der Waals surface area contributed by atoms with Gasteiger partial charge in [0, 0.05) is 47.7 Å². The Morgan fingerprint density at radius 1 is 0.523 bits per heavy atom. The molecule has 3 heterocycles. The van der Waals surface area contributed by atoms with E-state index >= 15 is 0 Å². The highest BCUT2D eigenvalue weighted by Gasteiger charge is 2.45. The first-order valence-corrected chi connectivity index (χ1v) is 15.1. The molecule has 6 aromatic rings. The summed E-state index contributed by atoms with van der Waals surface area (Å²) in [6.07, 6.45) is 0. The molecule has 2 aliphatic heterocycles. The highest BCUT2D eigenvalue weighted by molar-refractivity contribution is 6.02. The third kappa shape index (κ3) is 4.00. The molecule has 0 aliphatic carbocycles. The van der Waals surface area contributed by atoms with Crippen LogP contribution in [0, 0.1) is 0 Å². The van der Waals surface area contributed by atoms with Gasteiger partial charge in [0.05, 0.1) is 17.8 Å². The van der Waals surface area contributed by atoms with Crippen molar-refractivity contribution in [2.45, 2.75) is 25.2 Å². The lowest BCUT2D eigenvalue weighted by Crippen LogP contribution is -2.32. The summed E-state index contributed by atoms with van der Waals surface area (Å²) >= 11 is 0. The Morgan fingerprint density at radius 3 is 1.57 bits per heavy atom. The topological polar surface area (TPSA) is 45.6 Å². The summed E-state index contributed by atoms with van der Waals surface area (Å²) in [4.78, 5) is 32.3. The van der Waals surface area contributed by atoms with Crippen molar-refractivity contribution in [3.63, 3.8) is 0 Å². The van der Waals surface area contributed by atoms with Gasteiger partial charge in [0.1, 0.15) is 0 Å². The third-order valence-electron chi connectivity index (χ3n) is 9.23. The van der Waals surface area contributed by atoms with E-state index < -0.39 is 0 Å². The zero-order valence-electron chi connectivity index (χ0n) is 24.4. The molecule has 0 radical (unpaired) electrons. The fourth-order valence-electron chi connectivity index (χ4n) is 7.29. The summed E-state index contributed by atoms with van der Waals surface area (Å²) in [5, 5.41) is 1.09. The standard InChI is InChI=1S/C39H31N3O2/c1-40-33-23-13-12-22-32(33)34(35-28-18-8-10-20-30(28)38(43)41(35)24-26-14-4-2-5-15-26)37(40)36-29-19-9-11-21-31(29)39(44)42(36)25-27-16-6-3-7-17-27/h2-23,35-36H,24-25H2,1H3/t35-,36+/m1/s1. The molecule has 0 bridgehead atoms. The van der Waals surface area contributed by atoms with Crippen LogP contribution in [-0.4, -0.2) is 26.2 Å². The van der Waals surface area contributed by atoms with E-state index in [0.29, 0.717) is 13.1 Å². The number of aryl methyl sites for hydroxylation is 1. The molecule has 2 atom stereocenters. The van der Waals surface area contributed by atoms with E-state index in [1.165, 1.54) is 0 Å². The molecule has 5 nitrogen and oxygen atoms in total. The van der Waals surface area contributed by atoms with E-state index in [9.17, 15) is 9.59 Å². The number of amides is 2. The number of hydrogen-bond acceptors (Lipinski definition) is 2. The first-order valence-electron chi connectivity index (χ1n) is 15.1. The van der Waals surface area contributed by atoms with Crippen molar-refractivity contribution in [1.29, 1.82) is 0 Å². The molecule has 0 N–H and O–H groups in total. The molecule has 214 valence electrons. The summed E-state index contributed by atoms with van der Waals surface area (Å²) < 4.78 is 2.24. The average molecular weight is 574 g/mol. The number of carbonyl (C=O) groups is 2. The highest BCUT2D eigenvalue weighted by Crippen LogP contribution is 2.49. The van der Waals surface area contributed by atoms with E-state index in [1.807, 2.05) is 82.6 Å². The van der Waals surface area contributed by atoms with Gasteiger partial charge in [-0.2, -0.15) is 0 Å². The number of hydrogen-bond donors (Lipinski definition) is 0. The number of para-hydroxylation sites is 1. The first kappa shape index (κ1) is 26.2. The quantitative estimate of drug-likeness (QED) is 0.205. The van der Waals surface area contributed by atoms with Gasteiger partial charge in [0.2, 0.25) is 0 Å². The zero-order valence-corrected chi connectivity index (χ0v) is 24.4. The summed E-state index contributed by atoms with van der Waals surface area (Å²) in [6, 6.07) is 44.1. The predicted molar refractivity (Wildman–Crippen MR) is 172 cm³/mol. The molecule has 0 saturated heterocycles. The molecule has 5 heteroatoms. The van der Waals surface area contributed by atoms with Crippen LogP contribution in [0.25, 0.3) is 10.9 Å². The maximum atomic E-state index is 14.2. The molecule has 2 amide bonds. The van der Waals surface area contributed by atoms with Crippen molar-refractivity contribution in [1.82, 2.24) is 14.4 Å². The molecular weight excluding hydrogens is 542 g/mol.